The Hall–Kier alpha value is -2.86. The number of halogens is 1. The maximum Gasteiger partial charge on any atom is 0.227 e. The van der Waals surface area contributed by atoms with Crippen LogP contribution < -0.4 is 10.1 Å². The highest BCUT2D eigenvalue weighted by molar-refractivity contribution is 6.30. The van der Waals surface area contributed by atoms with Gasteiger partial charge in [0.25, 0.3) is 0 Å². The summed E-state index contributed by atoms with van der Waals surface area (Å²) < 4.78 is 10.5. The summed E-state index contributed by atoms with van der Waals surface area (Å²) in [5.41, 5.74) is 2.38. The quantitative estimate of drug-likeness (QED) is 0.699. The van der Waals surface area contributed by atoms with Crippen molar-refractivity contribution in [2.75, 3.05) is 12.4 Å². The zero-order chi connectivity index (χ0) is 18.5. The number of amides is 1. The number of methoxy groups -OCH3 is 1. The van der Waals surface area contributed by atoms with Crippen molar-refractivity contribution in [1.82, 2.24) is 10.1 Å². The van der Waals surface area contributed by atoms with Crippen LogP contribution in [0.3, 0.4) is 0 Å². The van der Waals surface area contributed by atoms with E-state index in [9.17, 15) is 4.79 Å². The number of benzene rings is 2. The molecule has 26 heavy (non-hydrogen) atoms. The topological polar surface area (TPSA) is 77.2 Å². The molecule has 0 aliphatic rings. The number of carbonyl (C=O) groups excluding carboxylic acids is 1. The van der Waals surface area contributed by atoms with E-state index < -0.39 is 0 Å². The first-order valence-corrected chi connectivity index (χ1v) is 8.46. The van der Waals surface area contributed by atoms with E-state index in [2.05, 4.69) is 15.5 Å². The lowest BCUT2D eigenvalue weighted by Gasteiger charge is -2.07. The Bertz CT molecular complexity index is 924. The molecule has 3 rings (SSSR count). The minimum atomic E-state index is -0.132. The van der Waals surface area contributed by atoms with Crippen LogP contribution in [0.5, 0.6) is 5.75 Å². The molecule has 1 aromatic heterocycles. The lowest BCUT2D eigenvalue weighted by Crippen LogP contribution is -2.13. The second-order valence-corrected chi connectivity index (χ2v) is 6.16. The average Bonchev–Trinajstić information content (AvgIpc) is 3.11. The van der Waals surface area contributed by atoms with E-state index in [1.165, 1.54) is 0 Å². The van der Waals surface area contributed by atoms with Gasteiger partial charge in [-0.05, 0) is 42.8 Å². The van der Waals surface area contributed by atoms with Crippen molar-refractivity contribution in [3.8, 4) is 17.1 Å². The third-order valence-electron chi connectivity index (χ3n) is 3.84. The summed E-state index contributed by atoms with van der Waals surface area (Å²) in [4.78, 5) is 16.5. The van der Waals surface area contributed by atoms with E-state index in [0.717, 1.165) is 16.8 Å². The van der Waals surface area contributed by atoms with Gasteiger partial charge in [-0.2, -0.15) is 4.98 Å². The fraction of sp³-hybridized carbons (Fsp3) is 0.211. The van der Waals surface area contributed by atoms with Crippen molar-refractivity contribution in [2.24, 2.45) is 0 Å². The van der Waals surface area contributed by atoms with Gasteiger partial charge in [0.2, 0.25) is 17.6 Å². The molecule has 0 aliphatic heterocycles. The SMILES string of the molecule is COc1ccccc1-c1noc(CCC(=O)Nc2ccc(Cl)cc2C)n1. The molecule has 0 fully saturated rings. The van der Waals surface area contributed by atoms with Gasteiger partial charge in [0.15, 0.2) is 0 Å². The number of anilines is 1. The number of aromatic nitrogens is 2. The third-order valence-corrected chi connectivity index (χ3v) is 4.08. The molecule has 6 nitrogen and oxygen atoms in total. The second-order valence-electron chi connectivity index (χ2n) is 5.72. The molecular formula is C19H18ClN3O3. The number of hydrogen-bond donors (Lipinski definition) is 1. The molecule has 0 aliphatic carbocycles. The van der Waals surface area contributed by atoms with E-state index in [1.54, 1.807) is 25.3 Å². The van der Waals surface area contributed by atoms with Gasteiger partial charge in [0.05, 0.1) is 12.7 Å². The molecule has 134 valence electrons. The van der Waals surface area contributed by atoms with Crippen LogP contribution in [0.1, 0.15) is 17.9 Å². The molecule has 0 saturated carbocycles. The van der Waals surface area contributed by atoms with Gasteiger partial charge in [-0.3, -0.25) is 4.79 Å². The predicted octanol–water partition coefficient (Wildman–Crippen LogP) is 4.28. The predicted molar refractivity (Wildman–Crippen MR) is 99.4 cm³/mol. The number of aryl methyl sites for hydroxylation is 2. The summed E-state index contributed by atoms with van der Waals surface area (Å²) in [6, 6.07) is 12.7. The fourth-order valence-corrected chi connectivity index (χ4v) is 2.72. The number of rotatable bonds is 6. The third kappa shape index (κ3) is 4.21. The van der Waals surface area contributed by atoms with Crippen LogP contribution >= 0.6 is 11.6 Å². The van der Waals surface area contributed by atoms with Gasteiger partial charge in [0, 0.05) is 23.6 Å². The summed E-state index contributed by atoms with van der Waals surface area (Å²) in [6.45, 7) is 1.89. The van der Waals surface area contributed by atoms with Crippen LogP contribution in [0.2, 0.25) is 5.02 Å². The molecule has 0 atom stereocenters. The molecule has 0 bridgehead atoms. The van der Waals surface area contributed by atoms with Crippen LogP contribution in [0.4, 0.5) is 5.69 Å². The molecule has 1 N–H and O–H groups in total. The highest BCUT2D eigenvalue weighted by atomic mass is 35.5. The smallest absolute Gasteiger partial charge is 0.227 e. The molecule has 3 aromatic rings. The zero-order valence-corrected chi connectivity index (χ0v) is 15.2. The van der Waals surface area contributed by atoms with E-state index in [-0.39, 0.29) is 12.3 Å². The van der Waals surface area contributed by atoms with Crippen molar-refractivity contribution >= 4 is 23.2 Å². The summed E-state index contributed by atoms with van der Waals surface area (Å²) in [6.07, 6.45) is 0.580. The summed E-state index contributed by atoms with van der Waals surface area (Å²) in [7, 11) is 1.59. The maximum absolute atomic E-state index is 12.1. The van der Waals surface area contributed by atoms with Gasteiger partial charge in [-0.15, -0.1) is 0 Å². The van der Waals surface area contributed by atoms with Crippen LogP contribution in [0.15, 0.2) is 47.0 Å². The number of hydrogen-bond acceptors (Lipinski definition) is 5. The molecule has 0 unspecified atom stereocenters. The largest absolute Gasteiger partial charge is 0.496 e. The Kier molecular flexibility index (Phi) is 5.53. The average molecular weight is 372 g/mol. The van der Waals surface area contributed by atoms with Crippen molar-refractivity contribution in [3.05, 3.63) is 58.9 Å². The molecule has 1 amide bonds. The number of carbonyl (C=O) groups is 1. The first-order chi connectivity index (χ1) is 12.6. The lowest BCUT2D eigenvalue weighted by atomic mass is 10.2. The van der Waals surface area contributed by atoms with Gasteiger partial charge in [-0.25, -0.2) is 0 Å². The van der Waals surface area contributed by atoms with Crippen molar-refractivity contribution in [2.45, 2.75) is 19.8 Å². The summed E-state index contributed by atoms with van der Waals surface area (Å²) in [5, 5.41) is 7.46. The molecule has 0 radical (unpaired) electrons. The zero-order valence-electron chi connectivity index (χ0n) is 14.5. The van der Waals surface area contributed by atoms with E-state index in [1.807, 2.05) is 31.2 Å². The molecule has 2 aromatic carbocycles. The van der Waals surface area contributed by atoms with Crippen molar-refractivity contribution in [1.29, 1.82) is 0 Å². The first kappa shape index (κ1) is 17.9. The Morgan fingerprint density at radius 1 is 1.27 bits per heavy atom. The van der Waals surface area contributed by atoms with Crippen LogP contribution in [0.25, 0.3) is 11.4 Å². The fourth-order valence-electron chi connectivity index (χ4n) is 2.50. The van der Waals surface area contributed by atoms with Gasteiger partial charge in [-0.1, -0.05) is 28.9 Å². The molecule has 0 saturated heterocycles. The van der Waals surface area contributed by atoms with Crippen LogP contribution in [-0.4, -0.2) is 23.2 Å². The number of para-hydroxylation sites is 1. The number of nitrogens with one attached hydrogen (secondary N) is 1. The number of nitrogens with zero attached hydrogens (tertiary/aromatic N) is 2. The number of ether oxygens (including phenoxy) is 1. The van der Waals surface area contributed by atoms with Gasteiger partial charge < -0.3 is 14.6 Å². The minimum absolute atomic E-state index is 0.132. The Balaban J connectivity index is 1.62. The molecule has 7 heteroatoms. The van der Waals surface area contributed by atoms with Crippen LogP contribution in [-0.2, 0) is 11.2 Å². The van der Waals surface area contributed by atoms with E-state index in [4.69, 9.17) is 20.9 Å². The van der Waals surface area contributed by atoms with Crippen LogP contribution in [0, 0.1) is 6.92 Å². The maximum atomic E-state index is 12.1. The Labute approximate surface area is 156 Å². The standard InChI is InChI=1S/C19H18ClN3O3/c1-12-11-13(20)7-8-15(12)21-17(24)9-10-18-22-19(23-26-18)14-5-3-4-6-16(14)25-2/h3-8,11H,9-10H2,1-2H3,(H,21,24). The van der Waals surface area contributed by atoms with E-state index in [0.29, 0.717) is 28.9 Å². The second kappa shape index (κ2) is 8.01. The summed E-state index contributed by atoms with van der Waals surface area (Å²) >= 11 is 5.92. The Morgan fingerprint density at radius 2 is 2.08 bits per heavy atom. The van der Waals surface area contributed by atoms with Crippen molar-refractivity contribution < 1.29 is 14.1 Å². The monoisotopic (exact) mass is 371 g/mol. The Morgan fingerprint density at radius 3 is 2.85 bits per heavy atom. The molecule has 1 heterocycles. The first-order valence-electron chi connectivity index (χ1n) is 8.09. The van der Waals surface area contributed by atoms with Gasteiger partial charge in [0.1, 0.15) is 5.75 Å². The normalized spacial score (nSPS) is 10.6. The summed E-state index contributed by atoms with van der Waals surface area (Å²) in [5.74, 6) is 1.36. The molecule has 0 spiro atoms. The lowest BCUT2D eigenvalue weighted by molar-refractivity contribution is -0.116. The molecular weight excluding hydrogens is 354 g/mol. The van der Waals surface area contributed by atoms with Crippen molar-refractivity contribution in [3.63, 3.8) is 0 Å². The van der Waals surface area contributed by atoms with Gasteiger partial charge >= 0.3 is 0 Å². The highest BCUT2D eigenvalue weighted by Gasteiger charge is 2.14. The van der Waals surface area contributed by atoms with E-state index >= 15 is 0 Å². The minimum Gasteiger partial charge on any atom is -0.496 e. The highest BCUT2D eigenvalue weighted by Crippen LogP contribution is 2.27.